The van der Waals surface area contributed by atoms with Crippen LogP contribution in [0.25, 0.3) is 0 Å². The number of rotatable bonds is 8. The second-order valence-electron chi connectivity index (χ2n) is 13.2. The Hall–Kier alpha value is -4.65. The average Bonchev–Trinajstić information content (AvgIpc) is 3.34. The first-order valence-electron chi connectivity index (χ1n) is 16.0. The van der Waals surface area contributed by atoms with Crippen molar-refractivity contribution in [2.24, 2.45) is 0 Å². The van der Waals surface area contributed by atoms with Crippen molar-refractivity contribution < 1.29 is 38.2 Å². The number of fused-ring (bicyclic) bond motifs is 1. The fourth-order valence-electron chi connectivity index (χ4n) is 5.89. The number of ether oxygens (including phenoxy) is 2. The van der Waals surface area contributed by atoms with Crippen LogP contribution in [0.1, 0.15) is 79.9 Å². The highest BCUT2D eigenvalue weighted by Gasteiger charge is 2.39. The highest BCUT2D eigenvalue weighted by molar-refractivity contribution is 6.31. The molecule has 0 radical (unpaired) electrons. The van der Waals surface area contributed by atoms with E-state index in [2.05, 4.69) is 16.0 Å². The third-order valence-electron chi connectivity index (χ3n) is 8.34. The molecule has 3 aliphatic heterocycles. The van der Waals surface area contributed by atoms with E-state index in [-0.39, 0.29) is 62.3 Å². The molecule has 2 fully saturated rings. The van der Waals surface area contributed by atoms with E-state index in [1.165, 1.54) is 4.90 Å². The lowest BCUT2D eigenvalue weighted by atomic mass is 10.0. The number of carbonyl (C=O) groups excluding carboxylic acids is 6. The first kappa shape index (κ1) is 34.7. The minimum atomic E-state index is -0.691. The van der Waals surface area contributed by atoms with E-state index in [1.54, 1.807) is 35.2 Å². The Morgan fingerprint density at radius 1 is 1.02 bits per heavy atom. The van der Waals surface area contributed by atoms with E-state index in [9.17, 15) is 28.8 Å². The maximum Gasteiger partial charge on any atom is 0.410 e. The van der Waals surface area contributed by atoms with Crippen molar-refractivity contribution in [3.8, 4) is 0 Å². The average molecular weight is 682 g/mol. The molecule has 1 atom stereocenters. The van der Waals surface area contributed by atoms with Gasteiger partial charge in [0.25, 0.3) is 5.91 Å². The number of amides is 6. The van der Waals surface area contributed by atoms with Crippen LogP contribution in [0.15, 0.2) is 36.4 Å². The van der Waals surface area contributed by atoms with Crippen LogP contribution in [0, 0.1) is 0 Å². The number of hydrogen-bond acceptors (Lipinski definition) is 8. The summed E-state index contributed by atoms with van der Waals surface area (Å²) in [7, 11) is 0. The van der Waals surface area contributed by atoms with Gasteiger partial charge in [0.1, 0.15) is 17.7 Å². The lowest BCUT2D eigenvalue weighted by Crippen LogP contribution is -2.52. The lowest BCUT2D eigenvalue weighted by Gasteiger charge is -2.33. The number of urea groups is 1. The molecule has 0 saturated carbocycles. The Morgan fingerprint density at radius 2 is 1.77 bits per heavy atom. The molecule has 5 rings (SSSR count). The molecule has 0 aromatic heterocycles. The number of hydrogen-bond donors (Lipinski definition) is 3. The number of imide groups is 1. The number of likely N-dealkylation sites (tertiary alicyclic amines) is 1. The standard InChI is InChI=1S/C34H40ClN5O8/c1-34(2,3)48-33(46)39-14-12-24(13-15-39)47-29(42)11-6-21-5-7-23(17-26(21)35)37-32(45)36-18-20-4-8-25-22(16-20)19-40(31(25)44)27-9-10-28(41)38-30(27)43/h4-5,7-8,16-17,24,27H,6,9-15,18-19H2,1-3H3,(H2,36,37,45)(H,38,41,43). The molecular weight excluding hydrogens is 642 g/mol. The topological polar surface area (TPSA) is 163 Å². The first-order chi connectivity index (χ1) is 22.8. The van der Waals surface area contributed by atoms with E-state index in [1.807, 2.05) is 26.8 Å². The Balaban J connectivity index is 1.04. The maximum absolute atomic E-state index is 12.9. The number of nitrogens with one attached hydrogen (secondary N) is 3. The molecule has 2 aromatic carbocycles. The van der Waals surface area contributed by atoms with Crippen LogP contribution in [-0.2, 0) is 43.4 Å². The predicted octanol–water partition coefficient (Wildman–Crippen LogP) is 4.30. The molecule has 3 aliphatic rings. The largest absolute Gasteiger partial charge is 0.462 e. The molecule has 2 aromatic rings. The third-order valence-corrected chi connectivity index (χ3v) is 8.69. The minimum Gasteiger partial charge on any atom is -0.462 e. The van der Waals surface area contributed by atoms with Gasteiger partial charge in [0.05, 0.1) is 0 Å². The lowest BCUT2D eigenvalue weighted by molar-refractivity contribution is -0.151. The van der Waals surface area contributed by atoms with E-state index in [0.29, 0.717) is 48.6 Å². The van der Waals surface area contributed by atoms with Gasteiger partial charge in [-0.15, -0.1) is 0 Å². The summed E-state index contributed by atoms with van der Waals surface area (Å²) < 4.78 is 11.0. The van der Waals surface area contributed by atoms with Crippen molar-refractivity contribution in [3.05, 3.63) is 63.7 Å². The molecule has 13 nitrogen and oxygen atoms in total. The number of carbonyl (C=O) groups is 6. The summed E-state index contributed by atoms with van der Waals surface area (Å²) >= 11 is 6.46. The number of nitrogens with zero attached hydrogens (tertiary/aromatic N) is 2. The van der Waals surface area contributed by atoms with E-state index >= 15 is 0 Å². The van der Waals surface area contributed by atoms with Crippen LogP contribution in [0.2, 0.25) is 5.02 Å². The second-order valence-corrected chi connectivity index (χ2v) is 13.6. The van der Waals surface area contributed by atoms with Crippen molar-refractivity contribution in [3.63, 3.8) is 0 Å². The monoisotopic (exact) mass is 681 g/mol. The summed E-state index contributed by atoms with van der Waals surface area (Å²) in [5.41, 5.74) is 2.66. The van der Waals surface area contributed by atoms with E-state index < -0.39 is 23.6 Å². The van der Waals surface area contributed by atoms with Gasteiger partial charge in [-0.1, -0.05) is 29.8 Å². The number of benzene rings is 2. The highest BCUT2D eigenvalue weighted by Crippen LogP contribution is 2.28. The van der Waals surface area contributed by atoms with Crippen LogP contribution < -0.4 is 16.0 Å². The summed E-state index contributed by atoms with van der Waals surface area (Å²) in [4.78, 5) is 77.2. The number of piperidine rings is 2. The zero-order valence-corrected chi connectivity index (χ0v) is 28.0. The molecule has 14 heteroatoms. The van der Waals surface area contributed by atoms with Gasteiger partial charge in [-0.2, -0.15) is 0 Å². The van der Waals surface area contributed by atoms with Gasteiger partial charge in [0.15, 0.2) is 0 Å². The van der Waals surface area contributed by atoms with Gasteiger partial charge >= 0.3 is 18.1 Å². The summed E-state index contributed by atoms with van der Waals surface area (Å²) in [5.74, 6) is -1.41. The molecule has 2 saturated heterocycles. The Kier molecular flexibility index (Phi) is 10.6. The number of anilines is 1. The number of esters is 1. The second kappa shape index (κ2) is 14.6. The van der Waals surface area contributed by atoms with Gasteiger partial charge < -0.3 is 29.9 Å². The van der Waals surface area contributed by atoms with Crippen LogP contribution in [0.3, 0.4) is 0 Å². The fourth-order valence-corrected chi connectivity index (χ4v) is 6.16. The Bertz CT molecular complexity index is 1610. The maximum atomic E-state index is 12.9. The van der Waals surface area contributed by atoms with E-state index in [4.69, 9.17) is 21.1 Å². The van der Waals surface area contributed by atoms with Crippen molar-refractivity contribution in [2.45, 2.75) is 90.1 Å². The summed E-state index contributed by atoms with van der Waals surface area (Å²) in [6.45, 7) is 6.82. The third kappa shape index (κ3) is 8.82. The van der Waals surface area contributed by atoms with Gasteiger partial charge in [0.2, 0.25) is 11.8 Å². The van der Waals surface area contributed by atoms with Crippen molar-refractivity contribution in [2.75, 3.05) is 18.4 Å². The normalized spacial score (nSPS) is 18.2. The van der Waals surface area contributed by atoms with Crippen molar-refractivity contribution in [1.29, 1.82) is 0 Å². The molecule has 256 valence electrons. The van der Waals surface area contributed by atoms with Crippen LogP contribution in [0.5, 0.6) is 0 Å². The minimum absolute atomic E-state index is 0.136. The number of aryl methyl sites for hydroxylation is 1. The SMILES string of the molecule is CC(C)(C)OC(=O)N1CCC(OC(=O)CCc2ccc(NC(=O)NCc3ccc4c(c3)CN(C3CCC(=O)NC3=O)C4=O)cc2Cl)CC1. The molecule has 3 N–H and O–H groups in total. The zero-order chi connectivity index (χ0) is 34.6. The van der Waals surface area contributed by atoms with E-state index in [0.717, 1.165) is 16.7 Å². The molecular formula is C34H40ClN5O8. The predicted molar refractivity (Wildman–Crippen MR) is 175 cm³/mol. The smallest absolute Gasteiger partial charge is 0.410 e. The molecule has 6 amide bonds. The first-order valence-corrected chi connectivity index (χ1v) is 16.4. The number of halogens is 1. The van der Waals surface area contributed by atoms with Gasteiger partial charge in [0, 0.05) is 68.1 Å². The fraction of sp³-hybridized carbons (Fsp3) is 0.471. The molecule has 1 unspecified atom stereocenters. The zero-order valence-electron chi connectivity index (χ0n) is 27.2. The van der Waals surface area contributed by atoms with Gasteiger partial charge in [-0.3, -0.25) is 24.5 Å². The Morgan fingerprint density at radius 3 is 2.46 bits per heavy atom. The van der Waals surface area contributed by atoms with Crippen molar-refractivity contribution in [1.82, 2.24) is 20.4 Å². The molecule has 0 aliphatic carbocycles. The Labute approximate surface area is 283 Å². The summed E-state index contributed by atoms with van der Waals surface area (Å²) in [6, 6.07) is 9.16. The van der Waals surface area contributed by atoms with Crippen molar-refractivity contribution >= 4 is 53.1 Å². The van der Waals surface area contributed by atoms with Crippen LogP contribution >= 0.6 is 11.6 Å². The molecule has 0 bridgehead atoms. The van der Waals surface area contributed by atoms with Crippen LogP contribution in [-0.4, -0.2) is 76.5 Å². The molecule has 0 spiro atoms. The summed E-state index contributed by atoms with van der Waals surface area (Å²) in [6.07, 6.45) is 1.44. The quantitative estimate of drug-likeness (QED) is 0.274. The molecule has 48 heavy (non-hydrogen) atoms. The van der Waals surface area contributed by atoms with Gasteiger partial charge in [-0.05, 0) is 68.5 Å². The summed E-state index contributed by atoms with van der Waals surface area (Å²) in [5, 5.41) is 8.22. The highest BCUT2D eigenvalue weighted by atomic mass is 35.5. The van der Waals surface area contributed by atoms with Gasteiger partial charge in [-0.25, -0.2) is 9.59 Å². The molecule has 3 heterocycles. The van der Waals surface area contributed by atoms with Crippen LogP contribution in [0.4, 0.5) is 15.3 Å².